The zero-order chi connectivity index (χ0) is 15.2. The normalized spacial score (nSPS) is 9.62. The number of carbonyl (C=O) groups excluding carboxylic acids is 2. The molecule has 1 amide bonds. The Kier molecular flexibility index (Phi) is 5.11. The van der Waals surface area contributed by atoms with E-state index in [9.17, 15) is 9.59 Å². The first kappa shape index (κ1) is 15.3. The predicted octanol–water partition coefficient (Wildman–Crippen LogP) is 2.16. The molecule has 0 radical (unpaired) electrons. The van der Waals surface area contributed by atoms with Crippen LogP contribution in [0.3, 0.4) is 0 Å². The molecule has 0 atom stereocenters. The highest BCUT2D eigenvalue weighted by atomic mass is 32.1. The zero-order valence-corrected chi connectivity index (χ0v) is 12.8. The maximum Gasteiger partial charge on any atom is 0.350 e. The van der Waals surface area contributed by atoms with Gasteiger partial charge in [-0.1, -0.05) is 11.8 Å². The third-order valence-electron chi connectivity index (χ3n) is 2.46. The SMILES string of the molecule is COC(=O)c1sccc1NC(=O)c1csc(C#CCN)c1. The van der Waals surface area contributed by atoms with E-state index in [0.717, 1.165) is 4.88 Å². The highest BCUT2D eigenvalue weighted by Crippen LogP contribution is 2.24. The van der Waals surface area contributed by atoms with Crippen LogP contribution in [0.25, 0.3) is 0 Å². The molecule has 0 spiro atoms. The predicted molar refractivity (Wildman–Crippen MR) is 83.9 cm³/mol. The summed E-state index contributed by atoms with van der Waals surface area (Å²) in [5.41, 5.74) is 6.23. The number of rotatable bonds is 3. The molecule has 0 aliphatic rings. The second-order valence-electron chi connectivity index (χ2n) is 3.81. The Balaban J connectivity index is 2.13. The monoisotopic (exact) mass is 320 g/mol. The van der Waals surface area contributed by atoms with E-state index in [1.165, 1.54) is 29.8 Å². The molecule has 0 fully saturated rings. The molecule has 0 unspecified atom stereocenters. The number of methoxy groups -OCH3 is 1. The van der Waals surface area contributed by atoms with Crippen LogP contribution in [0.5, 0.6) is 0 Å². The van der Waals surface area contributed by atoms with Gasteiger partial charge in [-0.15, -0.1) is 22.7 Å². The number of hydrogen-bond acceptors (Lipinski definition) is 6. The molecule has 0 saturated heterocycles. The molecule has 0 aromatic carbocycles. The number of esters is 1. The van der Waals surface area contributed by atoms with E-state index in [1.807, 2.05) is 0 Å². The maximum absolute atomic E-state index is 12.1. The van der Waals surface area contributed by atoms with Gasteiger partial charge in [0.25, 0.3) is 5.91 Å². The van der Waals surface area contributed by atoms with Gasteiger partial charge >= 0.3 is 5.97 Å². The Hall–Kier alpha value is -2.14. The number of thiophene rings is 2. The van der Waals surface area contributed by atoms with Crippen LogP contribution in [-0.4, -0.2) is 25.5 Å². The first-order valence-electron chi connectivity index (χ1n) is 5.90. The van der Waals surface area contributed by atoms with E-state index in [0.29, 0.717) is 16.1 Å². The lowest BCUT2D eigenvalue weighted by Crippen LogP contribution is -2.13. The quantitative estimate of drug-likeness (QED) is 0.671. The number of carbonyl (C=O) groups is 2. The molecule has 2 aromatic rings. The fraction of sp³-hybridized carbons (Fsp3) is 0.143. The Morgan fingerprint density at radius 3 is 2.95 bits per heavy atom. The molecule has 3 N–H and O–H groups in total. The summed E-state index contributed by atoms with van der Waals surface area (Å²) in [6.45, 7) is 0.275. The molecule has 0 saturated carbocycles. The molecule has 2 aromatic heterocycles. The van der Waals surface area contributed by atoms with Crippen molar-refractivity contribution >= 4 is 40.2 Å². The van der Waals surface area contributed by atoms with Crippen molar-refractivity contribution in [2.45, 2.75) is 0 Å². The van der Waals surface area contributed by atoms with Crippen molar-refractivity contribution in [1.82, 2.24) is 0 Å². The van der Waals surface area contributed by atoms with Gasteiger partial charge in [0.1, 0.15) is 4.88 Å². The summed E-state index contributed by atoms with van der Waals surface area (Å²) in [7, 11) is 1.30. The number of nitrogens with two attached hydrogens (primary N) is 1. The van der Waals surface area contributed by atoms with Crippen LogP contribution < -0.4 is 11.1 Å². The van der Waals surface area contributed by atoms with Gasteiger partial charge < -0.3 is 15.8 Å². The van der Waals surface area contributed by atoms with Gasteiger partial charge in [0, 0.05) is 5.38 Å². The van der Waals surface area contributed by atoms with Crippen molar-refractivity contribution in [1.29, 1.82) is 0 Å². The third kappa shape index (κ3) is 3.70. The van der Waals surface area contributed by atoms with Crippen LogP contribution in [-0.2, 0) is 4.74 Å². The van der Waals surface area contributed by atoms with Crippen LogP contribution in [0.15, 0.2) is 22.9 Å². The van der Waals surface area contributed by atoms with Crippen LogP contribution in [0.4, 0.5) is 5.69 Å². The molecular formula is C14H12N2O3S2. The average Bonchev–Trinajstić information content (AvgIpc) is 3.13. The van der Waals surface area contributed by atoms with E-state index >= 15 is 0 Å². The van der Waals surface area contributed by atoms with Crippen molar-refractivity contribution in [3.05, 3.63) is 38.2 Å². The summed E-state index contributed by atoms with van der Waals surface area (Å²) in [6, 6.07) is 3.35. The number of hydrogen-bond donors (Lipinski definition) is 2. The molecule has 5 nitrogen and oxygen atoms in total. The van der Waals surface area contributed by atoms with Gasteiger partial charge in [-0.3, -0.25) is 4.79 Å². The zero-order valence-electron chi connectivity index (χ0n) is 11.1. The lowest BCUT2D eigenvalue weighted by Gasteiger charge is -2.03. The van der Waals surface area contributed by atoms with Crippen LogP contribution >= 0.6 is 22.7 Å². The number of amides is 1. The standard InChI is InChI=1S/C14H12N2O3S2/c1-19-14(18)12-11(4-6-20-12)16-13(17)9-7-10(21-8-9)3-2-5-15/h4,6-8H,5,15H2,1H3,(H,16,17). The summed E-state index contributed by atoms with van der Waals surface area (Å²) in [5, 5.41) is 6.12. The minimum Gasteiger partial charge on any atom is -0.465 e. The Morgan fingerprint density at radius 2 is 2.24 bits per heavy atom. The summed E-state index contributed by atoms with van der Waals surface area (Å²) in [4.78, 5) is 24.8. The molecule has 0 aliphatic carbocycles. The number of nitrogens with one attached hydrogen (secondary N) is 1. The fourth-order valence-corrected chi connectivity index (χ4v) is 3.03. The highest BCUT2D eigenvalue weighted by molar-refractivity contribution is 7.12. The second-order valence-corrected chi connectivity index (χ2v) is 5.64. The summed E-state index contributed by atoms with van der Waals surface area (Å²) in [6.07, 6.45) is 0. The molecule has 21 heavy (non-hydrogen) atoms. The highest BCUT2D eigenvalue weighted by Gasteiger charge is 2.16. The van der Waals surface area contributed by atoms with Crippen molar-refractivity contribution in [3.63, 3.8) is 0 Å². The van der Waals surface area contributed by atoms with E-state index in [2.05, 4.69) is 21.9 Å². The molecule has 0 aliphatic heterocycles. The average molecular weight is 320 g/mol. The van der Waals surface area contributed by atoms with Gasteiger partial charge in [0.2, 0.25) is 0 Å². The first-order chi connectivity index (χ1) is 10.2. The lowest BCUT2D eigenvalue weighted by molar-refractivity contribution is 0.0607. The fourth-order valence-electron chi connectivity index (χ4n) is 1.51. The van der Waals surface area contributed by atoms with Gasteiger partial charge in [0.05, 0.1) is 29.8 Å². The van der Waals surface area contributed by atoms with Crippen LogP contribution in [0, 0.1) is 11.8 Å². The van der Waals surface area contributed by atoms with Crippen molar-refractivity contribution in [2.24, 2.45) is 5.73 Å². The molecule has 2 rings (SSSR count). The van der Waals surface area contributed by atoms with Gasteiger partial charge in [-0.05, 0) is 17.5 Å². The molecule has 2 heterocycles. The minimum absolute atomic E-state index is 0.275. The largest absolute Gasteiger partial charge is 0.465 e. The first-order valence-corrected chi connectivity index (χ1v) is 7.66. The van der Waals surface area contributed by atoms with E-state index in [1.54, 1.807) is 22.9 Å². The summed E-state index contributed by atoms with van der Waals surface area (Å²) >= 11 is 2.58. The second kappa shape index (κ2) is 7.04. The summed E-state index contributed by atoms with van der Waals surface area (Å²) < 4.78 is 4.66. The Labute approximate surface area is 129 Å². The molecule has 7 heteroatoms. The van der Waals surface area contributed by atoms with Crippen LogP contribution in [0.1, 0.15) is 24.9 Å². The van der Waals surface area contributed by atoms with Crippen molar-refractivity contribution < 1.29 is 14.3 Å². The minimum atomic E-state index is -0.472. The Morgan fingerprint density at radius 1 is 1.43 bits per heavy atom. The number of ether oxygens (including phenoxy) is 1. The van der Waals surface area contributed by atoms with Crippen molar-refractivity contribution in [2.75, 3.05) is 19.0 Å². The molecule has 0 bridgehead atoms. The smallest absolute Gasteiger partial charge is 0.350 e. The third-order valence-corrected chi connectivity index (χ3v) is 4.20. The van der Waals surface area contributed by atoms with Crippen molar-refractivity contribution in [3.8, 4) is 11.8 Å². The molecule has 108 valence electrons. The number of anilines is 1. The van der Waals surface area contributed by atoms with Crippen LogP contribution in [0.2, 0.25) is 0 Å². The van der Waals surface area contributed by atoms with E-state index in [4.69, 9.17) is 5.73 Å². The van der Waals surface area contributed by atoms with E-state index < -0.39 is 5.97 Å². The van der Waals surface area contributed by atoms with Gasteiger partial charge in [-0.2, -0.15) is 0 Å². The maximum atomic E-state index is 12.1. The lowest BCUT2D eigenvalue weighted by atomic mass is 10.2. The topological polar surface area (TPSA) is 81.4 Å². The van der Waals surface area contributed by atoms with E-state index in [-0.39, 0.29) is 12.5 Å². The summed E-state index contributed by atoms with van der Waals surface area (Å²) in [5.74, 6) is 4.83. The van der Waals surface area contributed by atoms with Gasteiger partial charge in [0.15, 0.2) is 0 Å². The van der Waals surface area contributed by atoms with Gasteiger partial charge in [-0.25, -0.2) is 4.79 Å². The Bertz CT molecular complexity index is 722. The molecular weight excluding hydrogens is 308 g/mol.